The smallest absolute Gasteiger partial charge is 0.215 e. The SMILES string of the molecule is Bc1cn(C)c2nc(OCc3ccc(OC)cn3)ccc12. The van der Waals surface area contributed by atoms with Crippen molar-refractivity contribution < 1.29 is 9.47 Å². The van der Waals surface area contributed by atoms with E-state index in [-0.39, 0.29) is 0 Å². The third kappa shape index (κ3) is 2.70. The summed E-state index contributed by atoms with van der Waals surface area (Å²) in [5.41, 5.74) is 2.97. The number of nitrogens with zero attached hydrogens (tertiary/aromatic N) is 3. The van der Waals surface area contributed by atoms with E-state index in [0.29, 0.717) is 12.5 Å². The van der Waals surface area contributed by atoms with Gasteiger partial charge in [0.1, 0.15) is 25.8 Å². The lowest BCUT2D eigenvalue weighted by atomic mass is 9.97. The van der Waals surface area contributed by atoms with Gasteiger partial charge in [-0.3, -0.25) is 4.98 Å². The summed E-state index contributed by atoms with van der Waals surface area (Å²) in [6.07, 6.45) is 3.74. The van der Waals surface area contributed by atoms with E-state index in [1.807, 2.05) is 35.9 Å². The van der Waals surface area contributed by atoms with E-state index in [9.17, 15) is 0 Å². The molecule has 0 aromatic carbocycles. The number of rotatable bonds is 4. The van der Waals surface area contributed by atoms with Gasteiger partial charge in [-0.25, -0.2) is 0 Å². The molecule has 0 aliphatic carbocycles. The number of fused-ring (bicyclic) bond motifs is 1. The van der Waals surface area contributed by atoms with Crippen LogP contribution in [0, 0.1) is 0 Å². The van der Waals surface area contributed by atoms with Crippen LogP contribution in [0.15, 0.2) is 36.7 Å². The first-order chi connectivity index (χ1) is 10.2. The van der Waals surface area contributed by atoms with Gasteiger partial charge in [-0.1, -0.05) is 5.46 Å². The van der Waals surface area contributed by atoms with Crippen LogP contribution in [0.3, 0.4) is 0 Å². The highest BCUT2D eigenvalue weighted by Crippen LogP contribution is 2.16. The summed E-state index contributed by atoms with van der Waals surface area (Å²) in [7, 11) is 5.68. The summed E-state index contributed by atoms with van der Waals surface area (Å²) in [5, 5.41) is 1.15. The standard InChI is InChI=1S/C15H16BN3O2/c1-19-8-13(16)12-5-6-14(18-15(12)19)21-9-10-3-4-11(20-2)7-17-10/h3-8H,9,16H2,1-2H3. The van der Waals surface area contributed by atoms with Gasteiger partial charge >= 0.3 is 0 Å². The molecule has 0 amide bonds. The molecule has 0 spiro atoms. The van der Waals surface area contributed by atoms with Crippen LogP contribution in [0.5, 0.6) is 11.6 Å². The molecule has 0 bridgehead atoms. The van der Waals surface area contributed by atoms with Crippen molar-refractivity contribution in [1.29, 1.82) is 0 Å². The second-order valence-electron chi connectivity index (χ2n) is 4.92. The zero-order chi connectivity index (χ0) is 14.8. The Bertz CT molecular complexity index is 768. The first-order valence-electron chi connectivity index (χ1n) is 6.72. The van der Waals surface area contributed by atoms with Crippen LogP contribution >= 0.6 is 0 Å². The summed E-state index contributed by atoms with van der Waals surface area (Å²) in [6.45, 7) is 0.381. The lowest BCUT2D eigenvalue weighted by Gasteiger charge is -2.06. The zero-order valence-corrected chi connectivity index (χ0v) is 12.3. The molecule has 3 heterocycles. The third-order valence-corrected chi connectivity index (χ3v) is 3.40. The molecule has 0 radical (unpaired) electrons. The fourth-order valence-electron chi connectivity index (χ4n) is 2.27. The predicted molar refractivity (Wildman–Crippen MR) is 84.0 cm³/mol. The minimum absolute atomic E-state index is 0.381. The normalized spacial score (nSPS) is 10.8. The van der Waals surface area contributed by atoms with Crippen molar-refractivity contribution in [2.45, 2.75) is 6.61 Å². The first-order valence-corrected chi connectivity index (χ1v) is 6.72. The van der Waals surface area contributed by atoms with Gasteiger partial charge in [0, 0.05) is 18.5 Å². The highest BCUT2D eigenvalue weighted by Gasteiger charge is 2.06. The second kappa shape index (κ2) is 5.48. The van der Waals surface area contributed by atoms with Gasteiger partial charge in [0.25, 0.3) is 0 Å². The molecule has 3 rings (SSSR count). The molecule has 106 valence electrons. The van der Waals surface area contributed by atoms with Crippen molar-refractivity contribution in [1.82, 2.24) is 14.5 Å². The Morgan fingerprint density at radius 1 is 1.24 bits per heavy atom. The molecule has 0 aliphatic heterocycles. The van der Waals surface area contributed by atoms with E-state index in [4.69, 9.17) is 9.47 Å². The van der Waals surface area contributed by atoms with E-state index in [2.05, 4.69) is 24.0 Å². The van der Waals surface area contributed by atoms with E-state index < -0.39 is 0 Å². The number of hydrogen-bond acceptors (Lipinski definition) is 4. The predicted octanol–water partition coefficient (Wildman–Crippen LogP) is 0.814. The van der Waals surface area contributed by atoms with E-state index in [1.165, 1.54) is 5.46 Å². The van der Waals surface area contributed by atoms with Gasteiger partial charge in [0.05, 0.1) is 19.0 Å². The highest BCUT2D eigenvalue weighted by molar-refractivity contribution is 6.38. The molecule has 3 aromatic rings. The minimum Gasteiger partial charge on any atom is -0.495 e. The Kier molecular flexibility index (Phi) is 3.52. The quantitative estimate of drug-likeness (QED) is 0.664. The van der Waals surface area contributed by atoms with Gasteiger partial charge in [0.2, 0.25) is 5.88 Å². The maximum atomic E-state index is 5.71. The molecule has 0 fully saturated rings. The second-order valence-corrected chi connectivity index (χ2v) is 4.92. The number of aromatic nitrogens is 3. The molecular weight excluding hydrogens is 265 g/mol. The summed E-state index contributed by atoms with van der Waals surface area (Å²) in [4.78, 5) is 8.80. The fourth-order valence-corrected chi connectivity index (χ4v) is 2.27. The first kappa shape index (κ1) is 13.5. The third-order valence-electron chi connectivity index (χ3n) is 3.40. The lowest BCUT2D eigenvalue weighted by molar-refractivity contribution is 0.289. The molecular formula is C15H16BN3O2. The average Bonchev–Trinajstić information content (AvgIpc) is 2.80. The minimum atomic E-state index is 0.381. The highest BCUT2D eigenvalue weighted by atomic mass is 16.5. The number of hydrogen-bond donors (Lipinski definition) is 0. The topological polar surface area (TPSA) is 49.2 Å². The molecule has 0 atom stereocenters. The molecule has 21 heavy (non-hydrogen) atoms. The molecule has 6 heteroatoms. The van der Waals surface area contributed by atoms with Gasteiger partial charge < -0.3 is 14.0 Å². The van der Waals surface area contributed by atoms with Gasteiger partial charge in [-0.05, 0) is 24.4 Å². The van der Waals surface area contributed by atoms with Crippen molar-refractivity contribution in [2.24, 2.45) is 7.05 Å². The number of pyridine rings is 2. The Morgan fingerprint density at radius 2 is 2.10 bits per heavy atom. The summed E-state index contributed by atoms with van der Waals surface area (Å²) in [5.74, 6) is 1.33. The summed E-state index contributed by atoms with van der Waals surface area (Å²) < 4.78 is 12.8. The summed E-state index contributed by atoms with van der Waals surface area (Å²) >= 11 is 0. The van der Waals surface area contributed by atoms with E-state index >= 15 is 0 Å². The lowest BCUT2D eigenvalue weighted by Crippen LogP contribution is -2.01. The Labute approximate surface area is 124 Å². The van der Waals surface area contributed by atoms with Crippen molar-refractivity contribution in [2.75, 3.05) is 7.11 Å². The van der Waals surface area contributed by atoms with E-state index in [0.717, 1.165) is 22.5 Å². The average molecular weight is 281 g/mol. The van der Waals surface area contributed by atoms with Crippen molar-refractivity contribution >= 4 is 24.3 Å². The Morgan fingerprint density at radius 3 is 2.81 bits per heavy atom. The number of methoxy groups -OCH3 is 1. The Balaban J connectivity index is 1.76. The van der Waals surface area contributed by atoms with Crippen LogP contribution in [-0.2, 0) is 13.7 Å². The van der Waals surface area contributed by atoms with Gasteiger partial charge in [-0.15, -0.1) is 0 Å². The largest absolute Gasteiger partial charge is 0.495 e. The van der Waals surface area contributed by atoms with Crippen molar-refractivity contribution in [3.05, 3.63) is 42.4 Å². The molecule has 0 unspecified atom stereocenters. The van der Waals surface area contributed by atoms with E-state index in [1.54, 1.807) is 13.3 Å². The fraction of sp³-hybridized carbons (Fsp3) is 0.200. The molecule has 3 aromatic heterocycles. The molecule has 0 saturated carbocycles. The maximum absolute atomic E-state index is 5.71. The van der Waals surface area contributed by atoms with Crippen LogP contribution in [-0.4, -0.2) is 29.5 Å². The van der Waals surface area contributed by atoms with Crippen molar-refractivity contribution in [3.8, 4) is 11.6 Å². The molecule has 0 N–H and O–H groups in total. The molecule has 5 nitrogen and oxygen atoms in total. The number of aryl methyl sites for hydroxylation is 1. The number of ether oxygens (including phenoxy) is 2. The summed E-state index contributed by atoms with van der Waals surface area (Å²) in [6, 6.07) is 7.67. The molecule has 0 saturated heterocycles. The maximum Gasteiger partial charge on any atom is 0.215 e. The molecule has 0 aliphatic rings. The monoisotopic (exact) mass is 281 g/mol. The Hall–Kier alpha value is -2.50. The van der Waals surface area contributed by atoms with Crippen LogP contribution in [0.2, 0.25) is 0 Å². The van der Waals surface area contributed by atoms with Gasteiger partial charge in [0.15, 0.2) is 0 Å². The van der Waals surface area contributed by atoms with Crippen LogP contribution in [0.1, 0.15) is 5.69 Å². The van der Waals surface area contributed by atoms with Crippen LogP contribution in [0.4, 0.5) is 0 Å². The van der Waals surface area contributed by atoms with Crippen LogP contribution < -0.4 is 14.9 Å². The zero-order valence-electron chi connectivity index (χ0n) is 12.3. The van der Waals surface area contributed by atoms with Gasteiger partial charge in [-0.2, -0.15) is 4.98 Å². The van der Waals surface area contributed by atoms with Crippen molar-refractivity contribution in [3.63, 3.8) is 0 Å². The van der Waals surface area contributed by atoms with Crippen LogP contribution in [0.25, 0.3) is 11.0 Å².